The van der Waals surface area contributed by atoms with Crippen LogP contribution in [0.1, 0.15) is 52.4 Å². The molecule has 16 heavy (non-hydrogen) atoms. The van der Waals surface area contributed by atoms with Crippen LogP contribution in [0.3, 0.4) is 0 Å². The molecule has 2 atom stereocenters. The highest BCUT2D eigenvalue weighted by atomic mass is 16.2. The van der Waals surface area contributed by atoms with E-state index in [9.17, 15) is 4.79 Å². The molecule has 0 heterocycles. The van der Waals surface area contributed by atoms with E-state index in [4.69, 9.17) is 0 Å². The molecule has 1 N–H and O–H groups in total. The van der Waals surface area contributed by atoms with Gasteiger partial charge in [0.2, 0.25) is 5.91 Å². The summed E-state index contributed by atoms with van der Waals surface area (Å²) in [7, 11) is 0. The highest BCUT2D eigenvalue weighted by molar-refractivity contribution is 5.88. The van der Waals surface area contributed by atoms with Crippen LogP contribution in [-0.4, -0.2) is 11.6 Å². The fraction of sp³-hybridized carbons (Fsp3) is 0.846. The minimum atomic E-state index is 0.131. The number of nitrogens with one attached hydrogen (secondary N) is 1. The molecule has 2 fully saturated rings. The monoisotopic (exact) mass is 222 g/mol. The van der Waals surface area contributed by atoms with Gasteiger partial charge in [0.25, 0.3) is 0 Å². The largest absolute Gasteiger partial charge is 0.273 e. The number of carbonyl (C=O) groups is 1. The molecule has 0 radical (unpaired) electrons. The lowest BCUT2D eigenvalue weighted by Crippen LogP contribution is -2.31. The molecule has 3 heteroatoms. The summed E-state index contributed by atoms with van der Waals surface area (Å²) in [4.78, 5) is 11.9. The van der Waals surface area contributed by atoms with Gasteiger partial charge in [-0.05, 0) is 44.4 Å². The Morgan fingerprint density at radius 1 is 1.19 bits per heavy atom. The van der Waals surface area contributed by atoms with Gasteiger partial charge in [-0.2, -0.15) is 5.10 Å². The number of carbonyl (C=O) groups excluding carboxylic acids is 1. The third-order valence-corrected chi connectivity index (χ3v) is 3.82. The van der Waals surface area contributed by atoms with Gasteiger partial charge in [-0.3, -0.25) is 4.79 Å². The molecular formula is C13H22N2O. The summed E-state index contributed by atoms with van der Waals surface area (Å²) >= 11 is 0. The van der Waals surface area contributed by atoms with E-state index in [2.05, 4.69) is 17.5 Å². The second-order valence-electron chi connectivity index (χ2n) is 5.47. The van der Waals surface area contributed by atoms with E-state index in [1.807, 2.05) is 6.92 Å². The van der Waals surface area contributed by atoms with Crippen molar-refractivity contribution in [2.24, 2.45) is 22.9 Å². The molecule has 1 amide bonds. The van der Waals surface area contributed by atoms with Crippen molar-refractivity contribution in [3.8, 4) is 0 Å². The highest BCUT2D eigenvalue weighted by Gasteiger charge is 2.26. The lowest BCUT2D eigenvalue weighted by molar-refractivity contribution is -0.126. The number of amides is 1. The van der Waals surface area contributed by atoms with E-state index in [0.717, 1.165) is 18.6 Å². The van der Waals surface area contributed by atoms with Crippen LogP contribution in [0.15, 0.2) is 5.10 Å². The molecule has 2 unspecified atom stereocenters. The van der Waals surface area contributed by atoms with Crippen LogP contribution < -0.4 is 5.43 Å². The Bertz CT molecular complexity index is 294. The van der Waals surface area contributed by atoms with Crippen LogP contribution in [-0.2, 0) is 4.79 Å². The maximum absolute atomic E-state index is 11.9. The van der Waals surface area contributed by atoms with Crippen molar-refractivity contribution in [1.82, 2.24) is 5.43 Å². The molecule has 0 spiro atoms. The van der Waals surface area contributed by atoms with Gasteiger partial charge in [0, 0.05) is 11.6 Å². The lowest BCUT2D eigenvalue weighted by atomic mass is 9.82. The normalized spacial score (nSPS) is 31.2. The van der Waals surface area contributed by atoms with Crippen molar-refractivity contribution in [1.29, 1.82) is 0 Å². The minimum Gasteiger partial charge on any atom is -0.273 e. The van der Waals surface area contributed by atoms with Crippen LogP contribution in [0, 0.1) is 17.8 Å². The van der Waals surface area contributed by atoms with E-state index in [0.29, 0.717) is 11.8 Å². The zero-order chi connectivity index (χ0) is 11.5. The fourth-order valence-corrected chi connectivity index (χ4v) is 2.50. The maximum Gasteiger partial charge on any atom is 0.243 e. The SMILES string of the molecule is C/C(=N/NC(=O)C1CCCC(C)C1)C1CC1. The summed E-state index contributed by atoms with van der Waals surface area (Å²) in [5.74, 6) is 1.66. The average Bonchev–Trinajstić information content (AvgIpc) is 3.09. The fourth-order valence-electron chi connectivity index (χ4n) is 2.50. The summed E-state index contributed by atoms with van der Waals surface area (Å²) < 4.78 is 0. The van der Waals surface area contributed by atoms with E-state index >= 15 is 0 Å². The summed E-state index contributed by atoms with van der Waals surface area (Å²) in [6, 6.07) is 0. The Balaban J connectivity index is 1.80. The van der Waals surface area contributed by atoms with E-state index in [1.54, 1.807) is 0 Å². The van der Waals surface area contributed by atoms with Gasteiger partial charge in [0.1, 0.15) is 0 Å². The van der Waals surface area contributed by atoms with Crippen LogP contribution in [0.5, 0.6) is 0 Å². The van der Waals surface area contributed by atoms with E-state index in [1.165, 1.54) is 25.7 Å². The van der Waals surface area contributed by atoms with E-state index < -0.39 is 0 Å². The molecule has 0 aromatic rings. The third kappa shape index (κ3) is 3.06. The smallest absolute Gasteiger partial charge is 0.243 e. The van der Waals surface area contributed by atoms with Crippen LogP contribution in [0.25, 0.3) is 0 Å². The van der Waals surface area contributed by atoms with Gasteiger partial charge < -0.3 is 0 Å². The van der Waals surface area contributed by atoms with Gasteiger partial charge in [0.15, 0.2) is 0 Å². The van der Waals surface area contributed by atoms with Crippen LogP contribution >= 0.6 is 0 Å². The Kier molecular flexibility index (Phi) is 3.62. The molecule has 0 aromatic heterocycles. The van der Waals surface area contributed by atoms with Crippen molar-refractivity contribution in [2.75, 3.05) is 0 Å². The topological polar surface area (TPSA) is 41.5 Å². The summed E-state index contributed by atoms with van der Waals surface area (Å²) in [5, 5.41) is 4.20. The maximum atomic E-state index is 11.9. The van der Waals surface area contributed by atoms with Gasteiger partial charge in [0.05, 0.1) is 0 Å². The van der Waals surface area contributed by atoms with Crippen LogP contribution in [0.2, 0.25) is 0 Å². The molecule has 2 aliphatic rings. The standard InChI is InChI=1S/C13H22N2O/c1-9-4-3-5-12(8-9)13(16)15-14-10(2)11-6-7-11/h9,11-12H,3-8H2,1-2H3,(H,15,16)/b14-10-. The highest BCUT2D eigenvalue weighted by Crippen LogP contribution is 2.30. The van der Waals surface area contributed by atoms with Gasteiger partial charge >= 0.3 is 0 Å². The second-order valence-corrected chi connectivity index (χ2v) is 5.47. The third-order valence-electron chi connectivity index (χ3n) is 3.82. The van der Waals surface area contributed by atoms with Crippen molar-refractivity contribution < 1.29 is 4.79 Å². The Hall–Kier alpha value is -0.860. The predicted octanol–water partition coefficient (Wildman–Crippen LogP) is 2.71. The second kappa shape index (κ2) is 4.98. The molecule has 2 aliphatic carbocycles. The summed E-state index contributed by atoms with van der Waals surface area (Å²) in [6.45, 7) is 4.25. The Labute approximate surface area is 97.7 Å². The predicted molar refractivity (Wildman–Crippen MR) is 65.1 cm³/mol. The van der Waals surface area contributed by atoms with Crippen molar-refractivity contribution >= 4 is 11.6 Å². The number of rotatable bonds is 3. The number of hydrogen-bond acceptors (Lipinski definition) is 2. The lowest BCUT2D eigenvalue weighted by Gasteiger charge is -2.24. The average molecular weight is 222 g/mol. The van der Waals surface area contributed by atoms with Crippen LogP contribution in [0.4, 0.5) is 0 Å². The minimum absolute atomic E-state index is 0.131. The zero-order valence-corrected chi connectivity index (χ0v) is 10.3. The first-order valence-corrected chi connectivity index (χ1v) is 6.51. The first kappa shape index (κ1) is 11.6. The van der Waals surface area contributed by atoms with E-state index in [-0.39, 0.29) is 11.8 Å². The molecule has 0 aliphatic heterocycles. The van der Waals surface area contributed by atoms with Crippen molar-refractivity contribution in [2.45, 2.75) is 52.4 Å². The summed E-state index contributed by atoms with van der Waals surface area (Å²) in [6.07, 6.45) is 7.01. The molecule has 0 aromatic carbocycles. The quantitative estimate of drug-likeness (QED) is 0.579. The molecule has 0 bridgehead atoms. The van der Waals surface area contributed by atoms with Crippen molar-refractivity contribution in [3.05, 3.63) is 0 Å². The van der Waals surface area contributed by atoms with Gasteiger partial charge in [-0.1, -0.05) is 19.8 Å². The number of nitrogens with zero attached hydrogens (tertiary/aromatic N) is 1. The number of hydrogen-bond donors (Lipinski definition) is 1. The van der Waals surface area contributed by atoms with Gasteiger partial charge in [-0.25, -0.2) is 5.43 Å². The Morgan fingerprint density at radius 3 is 2.56 bits per heavy atom. The molecule has 2 rings (SSSR count). The molecule has 3 nitrogen and oxygen atoms in total. The van der Waals surface area contributed by atoms with Gasteiger partial charge in [-0.15, -0.1) is 0 Å². The summed E-state index contributed by atoms with van der Waals surface area (Å²) in [5.41, 5.74) is 3.84. The molecule has 2 saturated carbocycles. The molecule has 0 saturated heterocycles. The molecule has 90 valence electrons. The Morgan fingerprint density at radius 2 is 1.94 bits per heavy atom. The number of hydrazone groups is 1. The first-order valence-electron chi connectivity index (χ1n) is 6.51. The van der Waals surface area contributed by atoms with Crippen molar-refractivity contribution in [3.63, 3.8) is 0 Å². The first-order chi connectivity index (χ1) is 7.66. The molecular weight excluding hydrogens is 200 g/mol. The zero-order valence-electron chi connectivity index (χ0n) is 10.3.